The number of aromatic nitrogens is 1. The molecule has 0 amide bonds. The average Bonchev–Trinajstić information content (AvgIpc) is 2.86. The molecule has 1 aliphatic rings. The minimum Gasteiger partial charge on any atom is -0.481 e. The quantitative estimate of drug-likeness (QED) is 0.917. The number of hydrogen-bond acceptors (Lipinski definition) is 4. The van der Waals surface area contributed by atoms with Gasteiger partial charge in [-0.25, -0.2) is 4.98 Å². The summed E-state index contributed by atoms with van der Waals surface area (Å²) >= 11 is 0. The van der Waals surface area contributed by atoms with Gasteiger partial charge in [0, 0.05) is 13.2 Å². The van der Waals surface area contributed by atoms with E-state index in [9.17, 15) is 18.0 Å². The maximum Gasteiger partial charge on any atom is 0.419 e. The molecule has 20 heavy (non-hydrogen) atoms. The summed E-state index contributed by atoms with van der Waals surface area (Å²) in [4.78, 5) is 16.1. The molecule has 0 saturated carbocycles. The van der Waals surface area contributed by atoms with Gasteiger partial charge in [-0.15, -0.1) is 0 Å². The Kier molecular flexibility index (Phi) is 3.85. The second-order valence-corrected chi connectivity index (χ2v) is 4.53. The van der Waals surface area contributed by atoms with Gasteiger partial charge in [-0.3, -0.25) is 4.79 Å². The zero-order chi connectivity index (χ0) is 14.9. The zero-order valence-corrected chi connectivity index (χ0v) is 10.6. The summed E-state index contributed by atoms with van der Waals surface area (Å²) in [6.07, 6.45) is -3.30. The first-order chi connectivity index (χ1) is 9.32. The summed E-state index contributed by atoms with van der Waals surface area (Å²) in [5, 5.41) is 9.06. The van der Waals surface area contributed by atoms with Gasteiger partial charge < -0.3 is 14.7 Å². The second kappa shape index (κ2) is 5.28. The number of alkyl halides is 3. The van der Waals surface area contributed by atoms with Crippen molar-refractivity contribution in [3.63, 3.8) is 0 Å². The van der Waals surface area contributed by atoms with Crippen molar-refractivity contribution in [3.8, 4) is 0 Å². The largest absolute Gasteiger partial charge is 0.481 e. The van der Waals surface area contributed by atoms with Gasteiger partial charge in [-0.2, -0.15) is 13.2 Å². The molecule has 2 atom stereocenters. The minimum atomic E-state index is -4.55. The number of aliphatic carboxylic acids is 1. The number of hydrogen-bond donors (Lipinski definition) is 1. The minimum absolute atomic E-state index is 0.0154. The van der Waals surface area contributed by atoms with E-state index in [-0.39, 0.29) is 19.0 Å². The van der Waals surface area contributed by atoms with Crippen molar-refractivity contribution in [2.24, 2.45) is 5.92 Å². The van der Waals surface area contributed by atoms with E-state index in [0.29, 0.717) is 0 Å². The number of ether oxygens (including phenoxy) is 1. The summed E-state index contributed by atoms with van der Waals surface area (Å²) in [5.41, 5.74) is -0.890. The Balaban J connectivity index is 2.34. The maximum absolute atomic E-state index is 12.9. The molecule has 1 aromatic heterocycles. The maximum atomic E-state index is 12.9. The predicted octanol–water partition coefficient (Wildman–Crippen LogP) is 1.64. The van der Waals surface area contributed by atoms with Crippen molar-refractivity contribution in [2.75, 3.05) is 25.2 Å². The first-order valence-electron chi connectivity index (χ1n) is 5.88. The van der Waals surface area contributed by atoms with Gasteiger partial charge in [-0.1, -0.05) is 0 Å². The molecular weight excluding hydrogens is 277 g/mol. The molecule has 0 radical (unpaired) electrons. The lowest BCUT2D eigenvalue weighted by atomic mass is 10.0. The van der Waals surface area contributed by atoms with Crippen molar-refractivity contribution < 1.29 is 27.8 Å². The molecule has 110 valence electrons. The van der Waals surface area contributed by atoms with E-state index < -0.39 is 29.7 Å². The molecular formula is C12H13F3N2O3. The van der Waals surface area contributed by atoms with Crippen LogP contribution in [-0.2, 0) is 15.7 Å². The number of halogens is 3. The van der Waals surface area contributed by atoms with Gasteiger partial charge in [0.25, 0.3) is 0 Å². The standard InChI is InChI=1S/C12H13F3N2O3/c1-17(9-6-20-5-7(9)11(18)19)10-8(12(13,14)15)3-2-4-16-10/h2-4,7,9H,5-6H2,1H3,(H,18,19). The molecule has 0 spiro atoms. The highest BCUT2D eigenvalue weighted by molar-refractivity contribution is 5.72. The van der Waals surface area contributed by atoms with Crippen LogP contribution in [0.1, 0.15) is 5.56 Å². The van der Waals surface area contributed by atoms with Crippen LogP contribution < -0.4 is 4.90 Å². The number of carbonyl (C=O) groups is 1. The number of anilines is 1. The first kappa shape index (κ1) is 14.6. The van der Waals surface area contributed by atoms with Crippen LogP contribution in [0.4, 0.5) is 19.0 Å². The molecule has 1 fully saturated rings. The van der Waals surface area contributed by atoms with Gasteiger partial charge in [0.2, 0.25) is 0 Å². The van der Waals surface area contributed by atoms with Gasteiger partial charge in [0.1, 0.15) is 11.7 Å². The monoisotopic (exact) mass is 290 g/mol. The number of pyridine rings is 1. The van der Waals surface area contributed by atoms with Crippen LogP contribution in [0, 0.1) is 5.92 Å². The fraction of sp³-hybridized carbons (Fsp3) is 0.500. The number of rotatable bonds is 3. The predicted molar refractivity (Wildman–Crippen MR) is 63.4 cm³/mol. The first-order valence-corrected chi connectivity index (χ1v) is 5.88. The lowest BCUT2D eigenvalue weighted by Gasteiger charge is -2.29. The summed E-state index contributed by atoms with van der Waals surface area (Å²) in [7, 11) is 1.40. The Labute approximate surface area is 113 Å². The van der Waals surface area contributed by atoms with E-state index in [1.54, 1.807) is 0 Å². The molecule has 0 aliphatic carbocycles. The van der Waals surface area contributed by atoms with Crippen molar-refractivity contribution in [1.82, 2.24) is 4.98 Å². The third-order valence-electron chi connectivity index (χ3n) is 3.29. The molecule has 0 bridgehead atoms. The molecule has 5 nitrogen and oxygen atoms in total. The van der Waals surface area contributed by atoms with E-state index in [1.807, 2.05) is 0 Å². The van der Waals surface area contributed by atoms with Gasteiger partial charge in [0.05, 0.1) is 24.8 Å². The fourth-order valence-corrected chi connectivity index (χ4v) is 2.22. The highest BCUT2D eigenvalue weighted by Gasteiger charge is 2.41. The summed E-state index contributed by atoms with van der Waals surface area (Å²) in [6.45, 7) is 0.0415. The zero-order valence-electron chi connectivity index (χ0n) is 10.6. The van der Waals surface area contributed by atoms with Gasteiger partial charge in [-0.05, 0) is 12.1 Å². The van der Waals surface area contributed by atoms with Crippen LogP contribution in [0.3, 0.4) is 0 Å². The highest BCUT2D eigenvalue weighted by atomic mass is 19.4. The third kappa shape index (κ3) is 2.69. The van der Waals surface area contributed by atoms with Crippen LogP contribution in [0.15, 0.2) is 18.3 Å². The number of likely N-dealkylation sites (N-methyl/N-ethyl adjacent to an activating group) is 1. The Bertz CT molecular complexity index is 507. The average molecular weight is 290 g/mol. The molecule has 1 saturated heterocycles. The van der Waals surface area contributed by atoms with Crippen molar-refractivity contribution in [3.05, 3.63) is 23.9 Å². The Morgan fingerprint density at radius 3 is 2.80 bits per heavy atom. The van der Waals surface area contributed by atoms with Crippen LogP contribution in [0.25, 0.3) is 0 Å². The summed E-state index contributed by atoms with van der Waals surface area (Å²) in [5.74, 6) is -2.26. The molecule has 8 heteroatoms. The molecule has 0 aromatic carbocycles. The van der Waals surface area contributed by atoms with Crippen molar-refractivity contribution in [1.29, 1.82) is 0 Å². The highest BCUT2D eigenvalue weighted by Crippen LogP contribution is 2.36. The summed E-state index contributed by atoms with van der Waals surface area (Å²) in [6, 6.07) is 1.44. The van der Waals surface area contributed by atoms with Crippen LogP contribution in [0.5, 0.6) is 0 Å². The lowest BCUT2D eigenvalue weighted by Crippen LogP contribution is -2.42. The Morgan fingerprint density at radius 1 is 1.50 bits per heavy atom. The van der Waals surface area contributed by atoms with Gasteiger partial charge in [0.15, 0.2) is 0 Å². The van der Waals surface area contributed by atoms with Crippen LogP contribution in [-0.4, -0.2) is 42.4 Å². The topological polar surface area (TPSA) is 62.7 Å². The Hall–Kier alpha value is -1.83. The van der Waals surface area contributed by atoms with Crippen molar-refractivity contribution in [2.45, 2.75) is 12.2 Å². The molecule has 2 heterocycles. The van der Waals surface area contributed by atoms with E-state index in [0.717, 1.165) is 6.07 Å². The SMILES string of the molecule is CN(c1ncccc1C(F)(F)F)C1COCC1C(=O)O. The number of carboxylic acid groups (broad SMARTS) is 1. The fourth-order valence-electron chi connectivity index (χ4n) is 2.22. The van der Waals surface area contributed by atoms with E-state index in [2.05, 4.69) is 4.98 Å². The molecule has 1 aliphatic heterocycles. The van der Waals surface area contributed by atoms with E-state index in [1.165, 1.54) is 24.2 Å². The number of carboxylic acids is 1. The molecule has 2 unspecified atom stereocenters. The Morgan fingerprint density at radius 2 is 2.20 bits per heavy atom. The van der Waals surface area contributed by atoms with E-state index in [4.69, 9.17) is 9.84 Å². The summed E-state index contributed by atoms with van der Waals surface area (Å²) < 4.78 is 43.9. The van der Waals surface area contributed by atoms with Crippen LogP contribution in [0.2, 0.25) is 0 Å². The molecule has 2 rings (SSSR count). The lowest BCUT2D eigenvalue weighted by molar-refractivity contribution is -0.141. The molecule has 1 aromatic rings. The smallest absolute Gasteiger partial charge is 0.419 e. The van der Waals surface area contributed by atoms with E-state index >= 15 is 0 Å². The van der Waals surface area contributed by atoms with Gasteiger partial charge >= 0.3 is 12.1 Å². The second-order valence-electron chi connectivity index (χ2n) is 4.53. The van der Waals surface area contributed by atoms with Crippen molar-refractivity contribution >= 4 is 11.8 Å². The number of nitrogens with zero attached hydrogens (tertiary/aromatic N) is 2. The third-order valence-corrected chi connectivity index (χ3v) is 3.29. The van der Waals surface area contributed by atoms with Crippen LogP contribution >= 0.6 is 0 Å². The molecule has 1 N–H and O–H groups in total. The normalized spacial score (nSPS) is 22.8.